The Bertz CT molecular complexity index is 322. The number of amides is 2. The molecule has 0 aromatic carbocycles. The Labute approximate surface area is 80.3 Å². The van der Waals surface area contributed by atoms with E-state index in [1.54, 1.807) is 0 Å². The molecule has 0 bridgehead atoms. The summed E-state index contributed by atoms with van der Waals surface area (Å²) >= 11 is 1.53. The number of imide groups is 1. The van der Waals surface area contributed by atoms with E-state index in [2.05, 4.69) is 11.9 Å². The van der Waals surface area contributed by atoms with E-state index < -0.39 is 0 Å². The molecule has 3 nitrogen and oxygen atoms in total. The lowest BCUT2D eigenvalue weighted by atomic mass is 9.91. The molecule has 0 radical (unpaired) electrons. The first kappa shape index (κ1) is 8.56. The summed E-state index contributed by atoms with van der Waals surface area (Å²) < 4.78 is 0. The van der Waals surface area contributed by atoms with E-state index in [1.807, 2.05) is 11.5 Å². The second-order valence-corrected chi connectivity index (χ2v) is 4.19. The van der Waals surface area contributed by atoms with Gasteiger partial charge in [-0.25, -0.2) is 0 Å². The van der Waals surface area contributed by atoms with Crippen LogP contribution in [0.1, 0.15) is 6.42 Å². The Hall–Kier alpha value is -1.03. The van der Waals surface area contributed by atoms with E-state index >= 15 is 0 Å². The van der Waals surface area contributed by atoms with Crippen LogP contribution in [0, 0.1) is 11.8 Å². The van der Waals surface area contributed by atoms with E-state index in [4.69, 9.17) is 0 Å². The lowest BCUT2D eigenvalue weighted by Gasteiger charge is -2.13. The van der Waals surface area contributed by atoms with Crippen LogP contribution in [0.15, 0.2) is 23.0 Å². The van der Waals surface area contributed by atoms with Crippen LogP contribution in [0.25, 0.3) is 0 Å². The van der Waals surface area contributed by atoms with Gasteiger partial charge in [0.2, 0.25) is 11.8 Å². The maximum Gasteiger partial charge on any atom is 0.231 e. The first-order valence-corrected chi connectivity index (χ1v) is 4.92. The highest BCUT2D eigenvalue weighted by Crippen LogP contribution is 2.39. The Balaban J connectivity index is 2.17. The van der Waals surface area contributed by atoms with Crippen LogP contribution in [0.2, 0.25) is 0 Å². The summed E-state index contributed by atoms with van der Waals surface area (Å²) in [5, 5.41) is 4.22. The Kier molecular flexibility index (Phi) is 2.00. The largest absolute Gasteiger partial charge is 0.296 e. The maximum absolute atomic E-state index is 11.3. The summed E-state index contributed by atoms with van der Waals surface area (Å²) in [5.74, 6) is -0.529. The van der Waals surface area contributed by atoms with Crippen LogP contribution < -0.4 is 5.32 Å². The Morgan fingerprint density at radius 3 is 2.77 bits per heavy atom. The monoisotopic (exact) mass is 195 g/mol. The van der Waals surface area contributed by atoms with Crippen molar-refractivity contribution in [3.8, 4) is 0 Å². The van der Waals surface area contributed by atoms with Gasteiger partial charge in [-0.3, -0.25) is 14.9 Å². The fourth-order valence-electron chi connectivity index (χ4n) is 1.62. The summed E-state index contributed by atoms with van der Waals surface area (Å²) in [4.78, 5) is 23.2. The molecular formula is C9H9NO2S. The van der Waals surface area contributed by atoms with E-state index in [9.17, 15) is 9.59 Å². The average Bonchev–Trinajstić information content (AvgIpc) is 2.58. The normalized spacial score (nSPS) is 32.8. The number of hydrogen-bond acceptors (Lipinski definition) is 3. The minimum absolute atomic E-state index is 0.0384. The first-order chi connectivity index (χ1) is 6.18. The molecule has 2 unspecified atom stereocenters. The fraction of sp³-hybridized carbons (Fsp3) is 0.333. The third-order valence-electron chi connectivity index (χ3n) is 2.32. The van der Waals surface area contributed by atoms with Gasteiger partial charge in [-0.2, -0.15) is 0 Å². The quantitative estimate of drug-likeness (QED) is 0.636. The third-order valence-corrected chi connectivity index (χ3v) is 3.18. The topological polar surface area (TPSA) is 46.2 Å². The molecule has 0 spiro atoms. The summed E-state index contributed by atoms with van der Waals surface area (Å²) in [5.41, 5.74) is 0. The van der Waals surface area contributed by atoms with Gasteiger partial charge < -0.3 is 0 Å². The maximum atomic E-state index is 11.3. The van der Waals surface area contributed by atoms with Crippen molar-refractivity contribution in [2.45, 2.75) is 6.42 Å². The van der Waals surface area contributed by atoms with Crippen molar-refractivity contribution in [2.75, 3.05) is 0 Å². The number of carbonyl (C=O) groups is 2. The van der Waals surface area contributed by atoms with E-state index in [0.29, 0.717) is 6.42 Å². The molecule has 2 amide bonds. The average molecular weight is 195 g/mol. The van der Waals surface area contributed by atoms with Crippen molar-refractivity contribution >= 4 is 23.6 Å². The Morgan fingerprint density at radius 2 is 2.31 bits per heavy atom. The molecule has 1 N–H and O–H groups in total. The summed E-state index contributed by atoms with van der Waals surface area (Å²) in [6.45, 7) is 3.85. The zero-order chi connectivity index (χ0) is 9.42. The molecular weight excluding hydrogens is 186 g/mol. The minimum atomic E-state index is -0.230. The second kappa shape index (κ2) is 3.03. The van der Waals surface area contributed by atoms with Crippen LogP contribution in [0.3, 0.4) is 0 Å². The number of thioether (sulfide) groups is 1. The molecule has 0 saturated carbocycles. The molecule has 0 aromatic rings. The first-order valence-electron chi connectivity index (χ1n) is 4.04. The second-order valence-electron chi connectivity index (χ2n) is 3.16. The highest BCUT2D eigenvalue weighted by molar-refractivity contribution is 8.06. The van der Waals surface area contributed by atoms with Crippen molar-refractivity contribution < 1.29 is 9.59 Å². The van der Waals surface area contributed by atoms with Gasteiger partial charge in [0.15, 0.2) is 0 Å². The minimum Gasteiger partial charge on any atom is -0.296 e. The van der Waals surface area contributed by atoms with E-state index in [0.717, 1.165) is 4.91 Å². The van der Waals surface area contributed by atoms with Crippen molar-refractivity contribution in [2.24, 2.45) is 11.8 Å². The van der Waals surface area contributed by atoms with Gasteiger partial charge in [0, 0.05) is 12.3 Å². The molecule has 68 valence electrons. The number of nitrogens with one attached hydrogen (secondary N) is 1. The molecule has 1 saturated heterocycles. The van der Waals surface area contributed by atoms with Crippen molar-refractivity contribution in [1.29, 1.82) is 0 Å². The van der Waals surface area contributed by atoms with E-state index in [1.165, 1.54) is 11.8 Å². The highest BCUT2D eigenvalue weighted by atomic mass is 32.2. The SMILES string of the molecule is C=C1SC=CC1C1CC(=O)NC1=O. The molecule has 2 atom stereocenters. The van der Waals surface area contributed by atoms with Crippen LogP contribution in [0.5, 0.6) is 0 Å². The van der Waals surface area contributed by atoms with Gasteiger partial charge in [-0.15, -0.1) is 11.8 Å². The lowest BCUT2D eigenvalue weighted by Crippen LogP contribution is -2.25. The molecule has 1 fully saturated rings. The van der Waals surface area contributed by atoms with Crippen molar-refractivity contribution in [1.82, 2.24) is 5.32 Å². The molecule has 0 aliphatic carbocycles. The van der Waals surface area contributed by atoms with Crippen LogP contribution in [0.4, 0.5) is 0 Å². The van der Waals surface area contributed by atoms with E-state index in [-0.39, 0.29) is 23.7 Å². The van der Waals surface area contributed by atoms with Crippen molar-refractivity contribution in [3.05, 3.63) is 23.0 Å². The number of hydrogen-bond donors (Lipinski definition) is 1. The number of rotatable bonds is 1. The van der Waals surface area contributed by atoms with Crippen LogP contribution in [-0.4, -0.2) is 11.8 Å². The number of carbonyl (C=O) groups excluding carboxylic acids is 2. The standard InChI is InChI=1S/C9H9NO2S/c1-5-6(2-3-13-5)7-4-8(11)10-9(7)12/h2-3,6-7H,1,4H2,(H,10,11,12). The molecule has 4 heteroatoms. The molecule has 2 rings (SSSR count). The lowest BCUT2D eigenvalue weighted by molar-refractivity contribution is -0.126. The molecule has 2 aliphatic heterocycles. The summed E-state index contributed by atoms with van der Waals surface area (Å²) in [7, 11) is 0. The van der Waals surface area contributed by atoms with Gasteiger partial charge >= 0.3 is 0 Å². The molecule has 13 heavy (non-hydrogen) atoms. The molecule has 0 aromatic heterocycles. The summed E-state index contributed by atoms with van der Waals surface area (Å²) in [6, 6.07) is 0. The third kappa shape index (κ3) is 1.42. The van der Waals surface area contributed by atoms with Gasteiger partial charge in [0.1, 0.15) is 0 Å². The van der Waals surface area contributed by atoms with Gasteiger partial charge in [-0.1, -0.05) is 12.7 Å². The Morgan fingerprint density at radius 1 is 1.54 bits per heavy atom. The van der Waals surface area contributed by atoms with Crippen LogP contribution in [-0.2, 0) is 9.59 Å². The zero-order valence-electron chi connectivity index (χ0n) is 6.95. The van der Waals surface area contributed by atoms with Gasteiger partial charge in [0.05, 0.1) is 5.92 Å². The molecule has 2 aliphatic rings. The zero-order valence-corrected chi connectivity index (χ0v) is 7.76. The highest BCUT2D eigenvalue weighted by Gasteiger charge is 2.38. The fourth-order valence-corrected chi connectivity index (χ4v) is 2.44. The number of allylic oxidation sites excluding steroid dienone is 2. The predicted molar refractivity (Wildman–Crippen MR) is 50.6 cm³/mol. The van der Waals surface area contributed by atoms with Gasteiger partial charge in [-0.05, 0) is 10.3 Å². The van der Waals surface area contributed by atoms with Gasteiger partial charge in [0.25, 0.3) is 0 Å². The summed E-state index contributed by atoms with van der Waals surface area (Å²) in [6.07, 6.45) is 2.24. The van der Waals surface area contributed by atoms with Crippen LogP contribution >= 0.6 is 11.8 Å². The molecule has 2 heterocycles. The smallest absolute Gasteiger partial charge is 0.231 e. The predicted octanol–water partition coefficient (Wildman–Crippen LogP) is 1.04. The van der Waals surface area contributed by atoms with Crippen molar-refractivity contribution in [3.63, 3.8) is 0 Å².